The Kier molecular flexibility index (Phi) is 3.66. The number of aliphatic imine (C=N–C) groups is 1. The number of carboxylic acids is 1. The predicted octanol–water partition coefficient (Wildman–Crippen LogP) is 3.41. The Morgan fingerprint density at radius 1 is 1.11 bits per heavy atom. The fourth-order valence-corrected chi connectivity index (χ4v) is 1.56. The molecule has 96 valence electrons. The van der Waals surface area contributed by atoms with E-state index in [0.717, 1.165) is 18.2 Å². The maximum Gasteiger partial charge on any atom is 0.337 e. The zero-order valence-corrected chi connectivity index (χ0v) is 9.68. The van der Waals surface area contributed by atoms with Crippen molar-refractivity contribution in [3.63, 3.8) is 0 Å². The van der Waals surface area contributed by atoms with E-state index in [1.807, 2.05) is 0 Å². The molecule has 0 aliphatic heterocycles. The van der Waals surface area contributed by atoms with Crippen LogP contribution < -0.4 is 0 Å². The number of aromatic carboxylic acids is 1. The molecule has 0 unspecified atom stereocenters. The van der Waals surface area contributed by atoms with Gasteiger partial charge in [0.1, 0.15) is 11.6 Å². The van der Waals surface area contributed by atoms with E-state index < -0.39 is 17.6 Å². The molecule has 1 N–H and O–H groups in total. The van der Waals surface area contributed by atoms with E-state index in [9.17, 15) is 13.6 Å². The lowest BCUT2D eigenvalue weighted by Gasteiger charge is -2.00. The Morgan fingerprint density at radius 3 is 2.37 bits per heavy atom. The van der Waals surface area contributed by atoms with Crippen LogP contribution in [0.4, 0.5) is 14.5 Å². The summed E-state index contributed by atoms with van der Waals surface area (Å²) in [5, 5.41) is 8.96. The smallest absolute Gasteiger partial charge is 0.337 e. The average Bonchev–Trinajstić information content (AvgIpc) is 2.35. The minimum absolute atomic E-state index is 0.0237. The molecule has 0 aliphatic rings. The summed E-state index contributed by atoms with van der Waals surface area (Å²) in [6.07, 6.45) is 1.22. The van der Waals surface area contributed by atoms with Crippen molar-refractivity contribution in [2.75, 3.05) is 0 Å². The largest absolute Gasteiger partial charge is 0.478 e. The number of halogens is 2. The Hall–Kier alpha value is -2.56. The lowest BCUT2D eigenvalue weighted by Crippen LogP contribution is -1.96. The summed E-state index contributed by atoms with van der Waals surface area (Å²) in [4.78, 5) is 14.9. The fourth-order valence-electron chi connectivity index (χ4n) is 1.56. The lowest BCUT2D eigenvalue weighted by molar-refractivity contribution is 0.0698. The summed E-state index contributed by atoms with van der Waals surface area (Å²) in [7, 11) is 0. The van der Waals surface area contributed by atoms with Crippen LogP contribution in [0.25, 0.3) is 0 Å². The molecule has 0 bridgehead atoms. The maximum atomic E-state index is 13.0. The van der Waals surface area contributed by atoms with Crippen LogP contribution in [0.3, 0.4) is 0 Å². The van der Waals surface area contributed by atoms with Crippen LogP contribution >= 0.6 is 0 Å². The van der Waals surface area contributed by atoms with Gasteiger partial charge in [0.25, 0.3) is 0 Å². The second kappa shape index (κ2) is 5.39. The van der Waals surface area contributed by atoms with Crippen LogP contribution in [0.1, 0.15) is 15.9 Å². The number of hydrogen-bond donors (Lipinski definition) is 1. The third-order valence-corrected chi connectivity index (χ3v) is 2.37. The number of carboxylic acid groups (broad SMARTS) is 1. The number of benzene rings is 2. The summed E-state index contributed by atoms with van der Waals surface area (Å²) in [6, 6.07) is 9.08. The first-order valence-electron chi connectivity index (χ1n) is 5.39. The molecule has 19 heavy (non-hydrogen) atoms. The van der Waals surface area contributed by atoms with E-state index in [0.29, 0.717) is 0 Å². The fraction of sp³-hybridized carbons (Fsp3) is 0. The second-order valence-electron chi connectivity index (χ2n) is 3.78. The third kappa shape index (κ3) is 3.22. The number of para-hydroxylation sites is 1. The first kappa shape index (κ1) is 12.9. The molecule has 0 saturated heterocycles. The first-order chi connectivity index (χ1) is 9.06. The Labute approximate surface area is 107 Å². The first-order valence-corrected chi connectivity index (χ1v) is 5.39. The normalized spacial score (nSPS) is 10.8. The second-order valence-corrected chi connectivity index (χ2v) is 3.78. The Balaban J connectivity index is 2.35. The third-order valence-electron chi connectivity index (χ3n) is 2.37. The minimum Gasteiger partial charge on any atom is -0.478 e. The minimum atomic E-state index is -1.11. The van der Waals surface area contributed by atoms with Gasteiger partial charge in [-0.1, -0.05) is 12.1 Å². The highest BCUT2D eigenvalue weighted by molar-refractivity contribution is 5.95. The van der Waals surface area contributed by atoms with Crippen LogP contribution in [-0.4, -0.2) is 17.3 Å². The van der Waals surface area contributed by atoms with Crippen molar-refractivity contribution in [2.24, 2.45) is 4.99 Å². The molecule has 0 aliphatic carbocycles. The van der Waals surface area contributed by atoms with Crippen molar-refractivity contribution >= 4 is 17.9 Å². The summed E-state index contributed by atoms with van der Waals surface area (Å²) < 4.78 is 25.9. The summed E-state index contributed by atoms with van der Waals surface area (Å²) >= 11 is 0. The van der Waals surface area contributed by atoms with E-state index in [1.165, 1.54) is 18.3 Å². The molecular weight excluding hydrogens is 252 g/mol. The van der Waals surface area contributed by atoms with Gasteiger partial charge in [0.05, 0.1) is 11.3 Å². The zero-order valence-electron chi connectivity index (χ0n) is 9.68. The van der Waals surface area contributed by atoms with Crippen LogP contribution in [-0.2, 0) is 0 Å². The number of carbonyl (C=O) groups is 1. The van der Waals surface area contributed by atoms with Crippen LogP contribution in [0, 0.1) is 11.6 Å². The molecule has 0 aromatic heterocycles. The molecule has 0 spiro atoms. The molecule has 2 aromatic rings. The van der Waals surface area contributed by atoms with E-state index in [-0.39, 0.29) is 16.8 Å². The average molecular weight is 261 g/mol. The van der Waals surface area contributed by atoms with Crippen molar-refractivity contribution in [1.82, 2.24) is 0 Å². The van der Waals surface area contributed by atoms with Crippen molar-refractivity contribution < 1.29 is 18.7 Å². The van der Waals surface area contributed by atoms with Gasteiger partial charge in [-0.3, -0.25) is 4.99 Å². The number of nitrogens with zero attached hydrogens (tertiary/aromatic N) is 1. The molecule has 0 atom stereocenters. The molecule has 2 aromatic carbocycles. The highest BCUT2D eigenvalue weighted by Crippen LogP contribution is 2.18. The molecule has 2 rings (SSSR count). The van der Waals surface area contributed by atoms with Gasteiger partial charge in [-0.15, -0.1) is 0 Å². The SMILES string of the molecule is O=C(O)c1ccccc1/N=C/c1cc(F)cc(F)c1. The highest BCUT2D eigenvalue weighted by Gasteiger charge is 2.07. The van der Waals surface area contributed by atoms with Gasteiger partial charge in [0, 0.05) is 12.3 Å². The number of rotatable bonds is 3. The molecule has 0 heterocycles. The van der Waals surface area contributed by atoms with Gasteiger partial charge < -0.3 is 5.11 Å². The standard InChI is InChI=1S/C14H9F2NO2/c15-10-5-9(6-11(16)7-10)8-17-13-4-2-1-3-12(13)14(18)19/h1-8H,(H,18,19)/b17-8+. The van der Waals surface area contributed by atoms with Gasteiger partial charge in [-0.25, -0.2) is 13.6 Å². The van der Waals surface area contributed by atoms with Gasteiger partial charge in [0.2, 0.25) is 0 Å². The summed E-state index contributed by atoms with van der Waals surface area (Å²) in [6.45, 7) is 0. The summed E-state index contributed by atoms with van der Waals surface area (Å²) in [5.41, 5.74) is 0.466. The Morgan fingerprint density at radius 2 is 1.74 bits per heavy atom. The molecule has 0 saturated carbocycles. The molecule has 3 nitrogen and oxygen atoms in total. The monoisotopic (exact) mass is 261 g/mol. The molecule has 0 radical (unpaired) electrons. The topological polar surface area (TPSA) is 49.7 Å². The molecule has 5 heteroatoms. The highest BCUT2D eigenvalue weighted by atomic mass is 19.1. The van der Waals surface area contributed by atoms with Gasteiger partial charge in [-0.05, 0) is 29.8 Å². The van der Waals surface area contributed by atoms with Crippen LogP contribution in [0.5, 0.6) is 0 Å². The quantitative estimate of drug-likeness (QED) is 0.861. The Bertz CT molecular complexity index is 633. The van der Waals surface area contributed by atoms with E-state index >= 15 is 0 Å². The molecule has 0 fully saturated rings. The van der Waals surface area contributed by atoms with Crippen LogP contribution in [0.2, 0.25) is 0 Å². The summed E-state index contributed by atoms with van der Waals surface area (Å²) in [5.74, 6) is -2.54. The van der Waals surface area contributed by atoms with Gasteiger partial charge in [0.15, 0.2) is 0 Å². The van der Waals surface area contributed by atoms with Crippen molar-refractivity contribution in [1.29, 1.82) is 0 Å². The lowest BCUT2D eigenvalue weighted by atomic mass is 10.2. The molecular formula is C14H9F2NO2. The molecule has 0 amide bonds. The van der Waals surface area contributed by atoms with Crippen LogP contribution in [0.15, 0.2) is 47.5 Å². The van der Waals surface area contributed by atoms with Gasteiger partial charge >= 0.3 is 5.97 Å². The predicted molar refractivity (Wildman–Crippen MR) is 67.0 cm³/mol. The van der Waals surface area contributed by atoms with E-state index in [2.05, 4.69) is 4.99 Å². The van der Waals surface area contributed by atoms with E-state index in [1.54, 1.807) is 12.1 Å². The zero-order chi connectivity index (χ0) is 13.8. The van der Waals surface area contributed by atoms with Crippen molar-refractivity contribution in [3.05, 3.63) is 65.2 Å². The number of hydrogen-bond acceptors (Lipinski definition) is 2. The van der Waals surface area contributed by atoms with Crippen molar-refractivity contribution in [3.8, 4) is 0 Å². The maximum absolute atomic E-state index is 13.0. The van der Waals surface area contributed by atoms with Crippen molar-refractivity contribution in [2.45, 2.75) is 0 Å². The van der Waals surface area contributed by atoms with E-state index in [4.69, 9.17) is 5.11 Å². The van der Waals surface area contributed by atoms with Gasteiger partial charge in [-0.2, -0.15) is 0 Å².